The number of hydrogen-bond donors (Lipinski definition) is 1. The van der Waals surface area contributed by atoms with Gasteiger partial charge in [0.2, 0.25) is 0 Å². The van der Waals surface area contributed by atoms with Crippen LogP contribution in [0.15, 0.2) is 36.7 Å². The van der Waals surface area contributed by atoms with Gasteiger partial charge >= 0.3 is 5.97 Å². The van der Waals surface area contributed by atoms with Crippen molar-refractivity contribution in [3.63, 3.8) is 0 Å². The first-order valence-corrected chi connectivity index (χ1v) is 6.40. The molecule has 0 aliphatic rings. The number of benzene rings is 1. The molecule has 0 radical (unpaired) electrons. The third-order valence-electron chi connectivity index (χ3n) is 2.92. The van der Waals surface area contributed by atoms with Crippen molar-refractivity contribution in [2.24, 2.45) is 5.92 Å². The average molecular weight is 269 g/mol. The number of nitrogens with one attached hydrogen (secondary N) is 1. The number of carbonyl (C=O) groups is 1. The number of esters is 1. The van der Waals surface area contributed by atoms with Gasteiger partial charge < -0.3 is 9.72 Å². The van der Waals surface area contributed by atoms with Crippen molar-refractivity contribution in [2.45, 2.75) is 13.3 Å². The Morgan fingerprint density at radius 1 is 1.50 bits per heavy atom. The van der Waals surface area contributed by atoms with E-state index in [1.165, 1.54) is 0 Å². The van der Waals surface area contributed by atoms with E-state index in [9.17, 15) is 4.79 Å². The zero-order valence-electron chi connectivity index (χ0n) is 11.2. The maximum absolute atomic E-state index is 11.7. The highest BCUT2D eigenvalue weighted by Crippen LogP contribution is 2.23. The number of rotatable bonds is 5. The SMILES string of the molecule is CCOC(=O)C(C#N)Cc1ccccc1-c1ncc[nH]1. The minimum atomic E-state index is -0.800. The van der Waals surface area contributed by atoms with Crippen molar-refractivity contribution in [1.82, 2.24) is 9.97 Å². The van der Waals surface area contributed by atoms with Gasteiger partial charge in [-0.15, -0.1) is 0 Å². The zero-order valence-corrected chi connectivity index (χ0v) is 11.2. The van der Waals surface area contributed by atoms with Crippen molar-refractivity contribution < 1.29 is 9.53 Å². The maximum Gasteiger partial charge on any atom is 0.323 e. The van der Waals surface area contributed by atoms with Crippen molar-refractivity contribution in [3.8, 4) is 17.5 Å². The summed E-state index contributed by atoms with van der Waals surface area (Å²) in [6, 6.07) is 9.58. The molecule has 0 saturated heterocycles. The monoisotopic (exact) mass is 269 g/mol. The molecule has 5 heteroatoms. The maximum atomic E-state index is 11.7. The predicted octanol–water partition coefficient (Wildman–Crippen LogP) is 2.32. The Hall–Kier alpha value is -2.61. The molecule has 1 aromatic heterocycles. The van der Waals surface area contributed by atoms with Gasteiger partial charge in [-0.25, -0.2) is 4.98 Å². The summed E-state index contributed by atoms with van der Waals surface area (Å²) in [5, 5.41) is 9.13. The molecular formula is C15H15N3O2. The third kappa shape index (κ3) is 3.04. The molecule has 0 aliphatic heterocycles. The molecule has 2 aromatic rings. The molecule has 0 fully saturated rings. The van der Waals surface area contributed by atoms with E-state index < -0.39 is 11.9 Å². The smallest absolute Gasteiger partial charge is 0.323 e. The fourth-order valence-corrected chi connectivity index (χ4v) is 1.99. The number of ether oxygens (including phenoxy) is 1. The van der Waals surface area contributed by atoms with Crippen LogP contribution in [0.4, 0.5) is 0 Å². The summed E-state index contributed by atoms with van der Waals surface area (Å²) in [5.41, 5.74) is 1.78. The molecule has 5 nitrogen and oxygen atoms in total. The number of nitriles is 1. The highest BCUT2D eigenvalue weighted by molar-refractivity contribution is 5.76. The molecule has 102 valence electrons. The molecule has 20 heavy (non-hydrogen) atoms. The van der Waals surface area contributed by atoms with Crippen LogP contribution in [0.1, 0.15) is 12.5 Å². The lowest BCUT2D eigenvalue weighted by molar-refractivity contribution is -0.145. The topological polar surface area (TPSA) is 78.8 Å². The number of H-pyrrole nitrogens is 1. The second-order valence-corrected chi connectivity index (χ2v) is 4.23. The van der Waals surface area contributed by atoms with Gasteiger partial charge in [0.15, 0.2) is 0 Å². The van der Waals surface area contributed by atoms with Gasteiger partial charge in [-0.1, -0.05) is 24.3 Å². The van der Waals surface area contributed by atoms with Crippen molar-refractivity contribution in [1.29, 1.82) is 5.26 Å². The van der Waals surface area contributed by atoms with E-state index in [-0.39, 0.29) is 6.61 Å². The number of aromatic amines is 1. The first-order valence-electron chi connectivity index (χ1n) is 6.40. The zero-order chi connectivity index (χ0) is 14.4. The molecule has 1 aromatic carbocycles. The lowest BCUT2D eigenvalue weighted by Crippen LogP contribution is -2.18. The summed E-state index contributed by atoms with van der Waals surface area (Å²) in [6.07, 6.45) is 3.71. The highest BCUT2D eigenvalue weighted by Gasteiger charge is 2.21. The number of imidazole rings is 1. The van der Waals surface area contributed by atoms with Gasteiger partial charge in [0.25, 0.3) is 0 Å². The summed E-state index contributed by atoms with van der Waals surface area (Å²) >= 11 is 0. The van der Waals surface area contributed by atoms with Gasteiger partial charge in [0, 0.05) is 18.0 Å². The van der Waals surface area contributed by atoms with Crippen LogP contribution >= 0.6 is 0 Å². The fraction of sp³-hybridized carbons (Fsp3) is 0.267. The van der Waals surface area contributed by atoms with E-state index in [2.05, 4.69) is 9.97 Å². The standard InChI is InChI=1S/C15H15N3O2/c1-2-20-15(19)12(10-16)9-11-5-3-4-6-13(11)14-17-7-8-18-14/h3-8,12H,2,9H2,1H3,(H,17,18). The van der Waals surface area contributed by atoms with E-state index in [0.29, 0.717) is 6.42 Å². The van der Waals surface area contributed by atoms with Crippen LogP contribution < -0.4 is 0 Å². The Labute approximate surface area is 117 Å². The minimum absolute atomic E-state index is 0.275. The van der Waals surface area contributed by atoms with Gasteiger partial charge in [0.05, 0.1) is 12.7 Å². The minimum Gasteiger partial charge on any atom is -0.465 e. The predicted molar refractivity (Wildman–Crippen MR) is 73.5 cm³/mol. The van der Waals surface area contributed by atoms with Crippen LogP contribution in [-0.4, -0.2) is 22.5 Å². The number of carbonyl (C=O) groups excluding carboxylic acids is 1. The lowest BCUT2D eigenvalue weighted by Gasteiger charge is -2.11. The van der Waals surface area contributed by atoms with Crippen LogP contribution in [0, 0.1) is 17.2 Å². The normalized spacial score (nSPS) is 11.6. The summed E-state index contributed by atoms with van der Waals surface area (Å²) in [4.78, 5) is 18.9. The number of aromatic nitrogens is 2. The molecule has 0 amide bonds. The van der Waals surface area contributed by atoms with Gasteiger partial charge in [0.1, 0.15) is 11.7 Å². The Morgan fingerprint density at radius 2 is 2.30 bits per heavy atom. The molecule has 1 unspecified atom stereocenters. The van der Waals surface area contributed by atoms with Crippen LogP contribution in [0.2, 0.25) is 0 Å². The first kappa shape index (κ1) is 13.8. The second-order valence-electron chi connectivity index (χ2n) is 4.23. The largest absolute Gasteiger partial charge is 0.465 e. The van der Waals surface area contributed by atoms with Crippen LogP contribution in [0.3, 0.4) is 0 Å². The Balaban J connectivity index is 2.25. The van der Waals surface area contributed by atoms with Gasteiger partial charge in [-0.2, -0.15) is 5.26 Å². The van der Waals surface area contributed by atoms with E-state index in [1.807, 2.05) is 30.3 Å². The molecule has 0 aliphatic carbocycles. The Kier molecular flexibility index (Phi) is 4.51. The Morgan fingerprint density at radius 3 is 2.95 bits per heavy atom. The summed E-state index contributed by atoms with van der Waals surface area (Å²) in [7, 11) is 0. The molecule has 1 heterocycles. The van der Waals surface area contributed by atoms with E-state index in [1.54, 1.807) is 19.3 Å². The quantitative estimate of drug-likeness (QED) is 0.845. The van der Waals surface area contributed by atoms with E-state index in [0.717, 1.165) is 17.0 Å². The van der Waals surface area contributed by atoms with E-state index in [4.69, 9.17) is 10.00 Å². The van der Waals surface area contributed by atoms with Crippen LogP contribution in [0.25, 0.3) is 11.4 Å². The lowest BCUT2D eigenvalue weighted by atomic mass is 9.96. The van der Waals surface area contributed by atoms with E-state index >= 15 is 0 Å². The van der Waals surface area contributed by atoms with Crippen molar-refractivity contribution >= 4 is 5.97 Å². The molecule has 0 spiro atoms. The summed E-state index contributed by atoms with van der Waals surface area (Å²) in [6.45, 7) is 2.00. The van der Waals surface area contributed by atoms with Gasteiger partial charge in [-0.3, -0.25) is 4.79 Å². The molecule has 1 atom stereocenters. The summed E-state index contributed by atoms with van der Waals surface area (Å²) < 4.78 is 4.91. The van der Waals surface area contributed by atoms with Crippen molar-refractivity contribution in [3.05, 3.63) is 42.2 Å². The number of hydrogen-bond acceptors (Lipinski definition) is 4. The fourth-order valence-electron chi connectivity index (χ4n) is 1.99. The van der Waals surface area contributed by atoms with Crippen LogP contribution in [-0.2, 0) is 16.0 Å². The number of nitrogens with zero attached hydrogens (tertiary/aromatic N) is 2. The first-order chi connectivity index (χ1) is 9.76. The average Bonchev–Trinajstić information content (AvgIpc) is 2.99. The highest BCUT2D eigenvalue weighted by atomic mass is 16.5. The third-order valence-corrected chi connectivity index (χ3v) is 2.92. The molecular weight excluding hydrogens is 254 g/mol. The second kappa shape index (κ2) is 6.53. The Bertz CT molecular complexity index is 614. The van der Waals surface area contributed by atoms with Crippen LogP contribution in [0.5, 0.6) is 0 Å². The molecule has 0 saturated carbocycles. The van der Waals surface area contributed by atoms with Crippen molar-refractivity contribution in [2.75, 3.05) is 6.61 Å². The molecule has 0 bridgehead atoms. The molecule has 2 rings (SSSR count). The van der Waals surface area contributed by atoms with Gasteiger partial charge in [-0.05, 0) is 18.9 Å². The summed E-state index contributed by atoms with van der Waals surface area (Å²) in [5.74, 6) is -0.559. The molecule has 1 N–H and O–H groups in total.